The number of aryl methyl sites for hydroxylation is 1. The molecule has 1 aliphatic heterocycles. The van der Waals surface area contributed by atoms with E-state index in [1.54, 1.807) is 4.31 Å². The van der Waals surface area contributed by atoms with E-state index in [-0.39, 0.29) is 5.75 Å². The largest absolute Gasteiger partial charge is 0.314 e. The van der Waals surface area contributed by atoms with Gasteiger partial charge in [0.1, 0.15) is 0 Å². The van der Waals surface area contributed by atoms with Gasteiger partial charge in [-0.25, -0.2) is 12.7 Å². The molecule has 3 rings (SSSR count). The molecule has 122 valence electrons. The molecule has 0 amide bonds. The van der Waals surface area contributed by atoms with E-state index in [1.165, 1.54) is 12.8 Å². The minimum atomic E-state index is -3.12. The van der Waals surface area contributed by atoms with Crippen LogP contribution in [0.3, 0.4) is 0 Å². The van der Waals surface area contributed by atoms with Crippen molar-refractivity contribution in [2.45, 2.75) is 38.1 Å². The third-order valence-corrected chi connectivity index (χ3v) is 6.60. The number of nitrogens with zero attached hydrogens (tertiary/aromatic N) is 1. The summed E-state index contributed by atoms with van der Waals surface area (Å²) in [5, 5.41) is 3.59. The normalized spacial score (nSPS) is 21.1. The fraction of sp³-hybridized carbons (Fsp3) is 0.647. The average molecular weight is 322 g/mol. The van der Waals surface area contributed by atoms with Crippen LogP contribution in [-0.4, -0.2) is 44.2 Å². The summed E-state index contributed by atoms with van der Waals surface area (Å²) in [7, 11) is -3.12. The SMILES string of the molecule is O=S(=O)(CCc1ccccc1)N1CCC(NCC2CC2)CC1. The van der Waals surface area contributed by atoms with Gasteiger partial charge >= 0.3 is 0 Å². The Hall–Kier alpha value is -0.910. The molecule has 2 aliphatic rings. The van der Waals surface area contributed by atoms with Crippen molar-refractivity contribution in [2.75, 3.05) is 25.4 Å². The molecule has 1 aliphatic carbocycles. The maximum atomic E-state index is 12.4. The first-order valence-corrected chi connectivity index (χ1v) is 9.99. The van der Waals surface area contributed by atoms with E-state index in [9.17, 15) is 8.42 Å². The molecule has 0 atom stereocenters. The van der Waals surface area contributed by atoms with Crippen molar-refractivity contribution in [3.8, 4) is 0 Å². The number of benzene rings is 1. The van der Waals surface area contributed by atoms with E-state index in [1.807, 2.05) is 30.3 Å². The number of rotatable bonds is 7. The van der Waals surface area contributed by atoms with Crippen LogP contribution < -0.4 is 5.32 Å². The van der Waals surface area contributed by atoms with Gasteiger partial charge in [-0.05, 0) is 50.1 Å². The van der Waals surface area contributed by atoms with E-state index in [4.69, 9.17) is 0 Å². The van der Waals surface area contributed by atoms with E-state index in [0.29, 0.717) is 25.6 Å². The Bertz CT molecular complexity index is 562. The van der Waals surface area contributed by atoms with Crippen LogP contribution in [-0.2, 0) is 16.4 Å². The second kappa shape index (κ2) is 7.11. The van der Waals surface area contributed by atoms with Crippen LogP contribution >= 0.6 is 0 Å². The molecule has 22 heavy (non-hydrogen) atoms. The fourth-order valence-electron chi connectivity index (χ4n) is 3.01. The smallest absolute Gasteiger partial charge is 0.214 e. The zero-order valence-electron chi connectivity index (χ0n) is 13.1. The van der Waals surface area contributed by atoms with Crippen LogP contribution in [0.5, 0.6) is 0 Å². The van der Waals surface area contributed by atoms with Gasteiger partial charge in [-0.2, -0.15) is 0 Å². The minimum absolute atomic E-state index is 0.219. The summed E-state index contributed by atoms with van der Waals surface area (Å²) in [5.74, 6) is 1.10. The maximum absolute atomic E-state index is 12.4. The van der Waals surface area contributed by atoms with Crippen molar-refractivity contribution in [3.05, 3.63) is 35.9 Å². The number of hydrogen-bond acceptors (Lipinski definition) is 3. The summed E-state index contributed by atoms with van der Waals surface area (Å²) in [4.78, 5) is 0. The molecule has 0 bridgehead atoms. The summed E-state index contributed by atoms with van der Waals surface area (Å²) in [6, 6.07) is 10.4. The topological polar surface area (TPSA) is 49.4 Å². The second-order valence-electron chi connectivity index (χ2n) is 6.58. The van der Waals surface area contributed by atoms with E-state index < -0.39 is 10.0 Å². The molecular weight excluding hydrogens is 296 g/mol. The van der Waals surface area contributed by atoms with Gasteiger partial charge in [0.2, 0.25) is 10.0 Å². The highest BCUT2D eigenvalue weighted by atomic mass is 32.2. The molecule has 1 N–H and O–H groups in total. The Morgan fingerprint density at radius 1 is 1.05 bits per heavy atom. The van der Waals surface area contributed by atoms with Crippen molar-refractivity contribution >= 4 is 10.0 Å². The third kappa shape index (κ3) is 4.54. The first kappa shape index (κ1) is 16.0. The summed E-state index contributed by atoms with van der Waals surface area (Å²) < 4.78 is 26.6. The van der Waals surface area contributed by atoms with Crippen LogP contribution in [0.2, 0.25) is 0 Å². The highest BCUT2D eigenvalue weighted by Gasteiger charge is 2.29. The molecule has 1 heterocycles. The lowest BCUT2D eigenvalue weighted by Gasteiger charge is -2.31. The second-order valence-corrected chi connectivity index (χ2v) is 8.67. The van der Waals surface area contributed by atoms with Gasteiger partial charge in [0.05, 0.1) is 5.75 Å². The minimum Gasteiger partial charge on any atom is -0.314 e. The Morgan fingerprint density at radius 3 is 2.36 bits per heavy atom. The number of sulfonamides is 1. The number of nitrogens with one attached hydrogen (secondary N) is 1. The van der Waals surface area contributed by atoms with Crippen molar-refractivity contribution < 1.29 is 8.42 Å². The average Bonchev–Trinajstić information content (AvgIpc) is 3.37. The number of piperidine rings is 1. The van der Waals surface area contributed by atoms with Crippen LogP contribution in [0, 0.1) is 5.92 Å². The Morgan fingerprint density at radius 2 is 1.73 bits per heavy atom. The monoisotopic (exact) mass is 322 g/mol. The molecule has 0 unspecified atom stereocenters. The quantitative estimate of drug-likeness (QED) is 0.835. The van der Waals surface area contributed by atoms with Gasteiger partial charge in [0.15, 0.2) is 0 Å². The molecule has 4 nitrogen and oxygen atoms in total. The van der Waals surface area contributed by atoms with E-state index >= 15 is 0 Å². The highest BCUT2D eigenvalue weighted by Crippen LogP contribution is 2.28. The van der Waals surface area contributed by atoms with Crippen LogP contribution in [0.25, 0.3) is 0 Å². The summed E-state index contributed by atoms with van der Waals surface area (Å²) >= 11 is 0. The van der Waals surface area contributed by atoms with Crippen molar-refractivity contribution in [1.82, 2.24) is 9.62 Å². The highest BCUT2D eigenvalue weighted by molar-refractivity contribution is 7.89. The molecule has 0 aromatic heterocycles. The van der Waals surface area contributed by atoms with E-state index in [2.05, 4.69) is 5.32 Å². The van der Waals surface area contributed by atoms with Gasteiger partial charge in [-0.15, -0.1) is 0 Å². The third-order valence-electron chi connectivity index (χ3n) is 4.73. The standard InChI is InChI=1S/C17H26N2O2S/c20-22(21,13-10-15-4-2-1-3-5-15)19-11-8-17(9-12-19)18-14-16-6-7-16/h1-5,16-18H,6-14H2. The Labute approximate surface area is 134 Å². The van der Waals surface area contributed by atoms with Gasteiger partial charge in [0.25, 0.3) is 0 Å². The first-order valence-electron chi connectivity index (χ1n) is 8.38. The molecule has 1 aromatic carbocycles. The zero-order chi connectivity index (χ0) is 15.4. The van der Waals surface area contributed by atoms with Gasteiger partial charge in [-0.3, -0.25) is 0 Å². The van der Waals surface area contributed by atoms with Crippen molar-refractivity contribution in [2.24, 2.45) is 5.92 Å². The molecule has 1 aromatic rings. The molecule has 1 saturated carbocycles. The lowest BCUT2D eigenvalue weighted by atomic mass is 10.1. The van der Waals surface area contributed by atoms with Crippen LogP contribution in [0.1, 0.15) is 31.2 Å². The summed E-state index contributed by atoms with van der Waals surface area (Å²) in [5.41, 5.74) is 1.09. The predicted octanol–water partition coefficient (Wildman–Crippen LogP) is 2.02. The molecule has 0 radical (unpaired) electrons. The Balaban J connectivity index is 1.44. The molecule has 5 heteroatoms. The van der Waals surface area contributed by atoms with Gasteiger partial charge in [0, 0.05) is 19.1 Å². The molecule has 2 fully saturated rings. The predicted molar refractivity (Wildman–Crippen MR) is 89.3 cm³/mol. The van der Waals surface area contributed by atoms with Gasteiger partial charge in [-0.1, -0.05) is 30.3 Å². The van der Waals surface area contributed by atoms with Crippen LogP contribution in [0.15, 0.2) is 30.3 Å². The summed E-state index contributed by atoms with van der Waals surface area (Å²) in [6.07, 6.45) is 5.21. The molecular formula is C17H26N2O2S. The summed E-state index contributed by atoms with van der Waals surface area (Å²) in [6.45, 7) is 2.45. The fourth-order valence-corrected chi connectivity index (χ4v) is 4.53. The van der Waals surface area contributed by atoms with Gasteiger partial charge < -0.3 is 5.32 Å². The number of hydrogen-bond donors (Lipinski definition) is 1. The van der Waals surface area contributed by atoms with Crippen LogP contribution in [0.4, 0.5) is 0 Å². The first-order chi connectivity index (χ1) is 10.6. The maximum Gasteiger partial charge on any atom is 0.214 e. The Kier molecular flexibility index (Phi) is 5.16. The van der Waals surface area contributed by atoms with Crippen molar-refractivity contribution in [3.63, 3.8) is 0 Å². The molecule has 1 saturated heterocycles. The lowest BCUT2D eigenvalue weighted by molar-refractivity contribution is 0.288. The lowest BCUT2D eigenvalue weighted by Crippen LogP contribution is -2.46. The van der Waals surface area contributed by atoms with Crippen molar-refractivity contribution in [1.29, 1.82) is 0 Å². The van der Waals surface area contributed by atoms with E-state index in [0.717, 1.165) is 30.9 Å². The molecule has 0 spiro atoms. The zero-order valence-corrected chi connectivity index (χ0v) is 13.9.